The van der Waals surface area contributed by atoms with Gasteiger partial charge in [-0.05, 0) is 67.3 Å². The largest absolute Gasteiger partial charge is 0.490 e. The van der Waals surface area contributed by atoms with Crippen molar-refractivity contribution in [2.24, 2.45) is 5.92 Å². The lowest BCUT2D eigenvalue weighted by Gasteiger charge is -2.30. The van der Waals surface area contributed by atoms with E-state index in [0.717, 1.165) is 0 Å². The van der Waals surface area contributed by atoms with E-state index in [1.807, 2.05) is 13.8 Å². The van der Waals surface area contributed by atoms with Crippen molar-refractivity contribution in [3.63, 3.8) is 0 Å². The molecule has 3 rings (SSSR count). The minimum absolute atomic E-state index is 0.0650. The smallest absolute Gasteiger partial charge is 0.264 e. The van der Waals surface area contributed by atoms with Crippen molar-refractivity contribution in [3.8, 4) is 5.75 Å². The lowest BCUT2D eigenvalue weighted by molar-refractivity contribution is 0.135. The lowest BCUT2D eigenvalue weighted by Crippen LogP contribution is -2.41. The quantitative estimate of drug-likeness (QED) is 0.573. The van der Waals surface area contributed by atoms with Crippen LogP contribution in [0.25, 0.3) is 0 Å². The molecule has 7 nitrogen and oxygen atoms in total. The third kappa shape index (κ3) is 5.99. The van der Waals surface area contributed by atoms with Gasteiger partial charge in [0.1, 0.15) is 17.7 Å². The Bertz CT molecular complexity index is 1110. The third-order valence-corrected chi connectivity index (χ3v) is 8.34. The SMILES string of the molecule is CC(C)CN(c1ccc(F)cc1)S(=O)(=O)c1ccc(OC2CCN(S(C)(=O)=O)CC2)cc1. The van der Waals surface area contributed by atoms with Crippen LogP contribution in [-0.2, 0) is 20.0 Å². The average Bonchev–Trinajstić information content (AvgIpc) is 2.73. The van der Waals surface area contributed by atoms with E-state index < -0.39 is 25.9 Å². The Morgan fingerprint density at radius 2 is 1.56 bits per heavy atom. The van der Waals surface area contributed by atoms with Crippen molar-refractivity contribution >= 4 is 25.7 Å². The minimum Gasteiger partial charge on any atom is -0.490 e. The first kappa shape index (κ1) is 24.5. The zero-order valence-corrected chi connectivity index (χ0v) is 20.1. The van der Waals surface area contributed by atoms with Crippen LogP contribution >= 0.6 is 0 Å². The van der Waals surface area contributed by atoms with E-state index >= 15 is 0 Å². The summed E-state index contributed by atoms with van der Waals surface area (Å²) in [7, 11) is -7.05. The van der Waals surface area contributed by atoms with Gasteiger partial charge in [0.25, 0.3) is 10.0 Å². The molecule has 10 heteroatoms. The second kappa shape index (κ2) is 9.76. The number of ether oxygens (including phenoxy) is 1. The number of anilines is 1. The molecule has 0 saturated carbocycles. The van der Waals surface area contributed by atoms with Gasteiger partial charge in [0.15, 0.2) is 0 Å². The summed E-state index contributed by atoms with van der Waals surface area (Å²) in [6, 6.07) is 11.6. The molecule has 1 heterocycles. The maximum Gasteiger partial charge on any atom is 0.264 e. The Labute approximate surface area is 189 Å². The molecule has 0 bridgehead atoms. The summed E-state index contributed by atoms with van der Waals surface area (Å²) in [4.78, 5) is 0.113. The van der Waals surface area contributed by atoms with Crippen LogP contribution in [0.5, 0.6) is 5.75 Å². The summed E-state index contributed by atoms with van der Waals surface area (Å²) in [6.07, 6.45) is 2.20. The van der Waals surface area contributed by atoms with Gasteiger partial charge in [-0.15, -0.1) is 0 Å². The van der Waals surface area contributed by atoms with E-state index in [2.05, 4.69) is 0 Å². The number of halogens is 1. The molecule has 1 fully saturated rings. The Morgan fingerprint density at radius 1 is 1.00 bits per heavy atom. The summed E-state index contributed by atoms with van der Waals surface area (Å²) in [5.41, 5.74) is 0.401. The fourth-order valence-corrected chi connectivity index (χ4v) is 6.08. The van der Waals surface area contributed by atoms with Gasteiger partial charge < -0.3 is 4.74 Å². The number of sulfonamides is 2. The van der Waals surface area contributed by atoms with Crippen molar-refractivity contribution in [1.82, 2.24) is 4.31 Å². The molecular formula is C22H29FN2O5S2. The number of hydrogen-bond acceptors (Lipinski definition) is 5. The van der Waals surface area contributed by atoms with Crippen molar-refractivity contribution in [2.45, 2.75) is 37.7 Å². The van der Waals surface area contributed by atoms with E-state index in [4.69, 9.17) is 4.74 Å². The Hall–Kier alpha value is -2.17. The second-order valence-corrected chi connectivity index (χ2v) is 12.2. The van der Waals surface area contributed by atoms with Gasteiger partial charge in [0.2, 0.25) is 10.0 Å². The maximum absolute atomic E-state index is 13.3. The van der Waals surface area contributed by atoms with Crippen molar-refractivity contribution in [2.75, 3.05) is 30.2 Å². The highest BCUT2D eigenvalue weighted by Gasteiger charge is 2.27. The molecule has 0 aliphatic carbocycles. The molecule has 1 saturated heterocycles. The molecular weight excluding hydrogens is 455 g/mol. The van der Waals surface area contributed by atoms with Crippen LogP contribution in [0, 0.1) is 11.7 Å². The molecule has 0 unspecified atom stereocenters. The van der Waals surface area contributed by atoms with Crippen LogP contribution in [0.3, 0.4) is 0 Å². The molecule has 0 N–H and O–H groups in total. The number of benzene rings is 2. The molecule has 0 aromatic heterocycles. The molecule has 0 amide bonds. The third-order valence-electron chi connectivity index (χ3n) is 5.23. The van der Waals surface area contributed by atoms with Crippen LogP contribution in [-0.4, -0.2) is 53.1 Å². The van der Waals surface area contributed by atoms with Crippen LogP contribution in [0.15, 0.2) is 53.4 Å². The fraction of sp³-hybridized carbons (Fsp3) is 0.455. The van der Waals surface area contributed by atoms with Gasteiger partial charge >= 0.3 is 0 Å². The van der Waals surface area contributed by atoms with Gasteiger partial charge in [0, 0.05) is 19.6 Å². The van der Waals surface area contributed by atoms with Crippen LogP contribution in [0.4, 0.5) is 10.1 Å². The van der Waals surface area contributed by atoms with Crippen LogP contribution in [0.1, 0.15) is 26.7 Å². The summed E-state index contributed by atoms with van der Waals surface area (Å²) in [5, 5.41) is 0. The zero-order valence-electron chi connectivity index (χ0n) is 18.4. The highest BCUT2D eigenvalue weighted by Crippen LogP contribution is 2.27. The number of hydrogen-bond donors (Lipinski definition) is 0. The molecule has 2 aromatic carbocycles. The predicted molar refractivity (Wildman–Crippen MR) is 122 cm³/mol. The van der Waals surface area contributed by atoms with Gasteiger partial charge in [-0.1, -0.05) is 13.8 Å². The number of rotatable bonds is 8. The van der Waals surface area contributed by atoms with E-state index in [1.165, 1.54) is 51.3 Å². The molecule has 1 aliphatic heterocycles. The van der Waals surface area contributed by atoms with Crippen molar-refractivity contribution in [1.29, 1.82) is 0 Å². The molecule has 32 heavy (non-hydrogen) atoms. The molecule has 1 aliphatic rings. The highest BCUT2D eigenvalue weighted by atomic mass is 32.2. The van der Waals surface area contributed by atoms with E-state index in [9.17, 15) is 21.2 Å². The first-order valence-electron chi connectivity index (χ1n) is 10.5. The topological polar surface area (TPSA) is 84.0 Å². The zero-order chi connectivity index (χ0) is 23.5. The van der Waals surface area contributed by atoms with Crippen molar-refractivity contribution < 1.29 is 26.0 Å². The number of nitrogens with zero attached hydrogens (tertiary/aromatic N) is 2. The summed E-state index contributed by atoms with van der Waals surface area (Å²) < 4.78 is 71.9. The van der Waals surface area contributed by atoms with Crippen LogP contribution in [0.2, 0.25) is 0 Å². The summed E-state index contributed by atoms with van der Waals surface area (Å²) in [6.45, 7) is 4.89. The maximum atomic E-state index is 13.3. The number of piperidine rings is 1. The Morgan fingerprint density at radius 3 is 2.06 bits per heavy atom. The summed E-state index contributed by atoms with van der Waals surface area (Å²) >= 11 is 0. The first-order valence-corrected chi connectivity index (χ1v) is 13.8. The second-order valence-electron chi connectivity index (χ2n) is 8.36. The van der Waals surface area contributed by atoms with Gasteiger partial charge in [0.05, 0.1) is 16.8 Å². The van der Waals surface area contributed by atoms with Crippen molar-refractivity contribution in [3.05, 3.63) is 54.3 Å². The van der Waals surface area contributed by atoms with E-state index in [0.29, 0.717) is 37.4 Å². The van der Waals surface area contributed by atoms with Gasteiger partial charge in [-0.3, -0.25) is 4.31 Å². The molecule has 0 atom stereocenters. The minimum atomic E-state index is -3.85. The highest BCUT2D eigenvalue weighted by molar-refractivity contribution is 7.92. The molecule has 0 radical (unpaired) electrons. The van der Waals surface area contributed by atoms with Gasteiger partial charge in [-0.2, -0.15) is 0 Å². The monoisotopic (exact) mass is 484 g/mol. The predicted octanol–water partition coefficient (Wildman–Crippen LogP) is 3.48. The average molecular weight is 485 g/mol. The normalized spacial score (nSPS) is 16.3. The van der Waals surface area contributed by atoms with E-state index in [-0.39, 0.29) is 23.5 Å². The Balaban J connectivity index is 1.74. The van der Waals surface area contributed by atoms with E-state index in [1.54, 1.807) is 12.1 Å². The molecule has 0 spiro atoms. The standard InChI is InChI=1S/C22H29FN2O5S2/c1-17(2)16-25(19-6-4-18(23)5-7-19)32(28,29)22-10-8-20(9-11-22)30-21-12-14-24(15-13-21)31(3,26)27/h4-11,17,21H,12-16H2,1-3H3. The molecule has 2 aromatic rings. The Kier molecular flexibility index (Phi) is 7.46. The summed E-state index contributed by atoms with van der Waals surface area (Å²) in [5.74, 6) is 0.161. The van der Waals surface area contributed by atoms with Crippen LogP contribution < -0.4 is 9.04 Å². The molecule has 176 valence electrons. The fourth-order valence-electron chi connectivity index (χ4n) is 3.57. The first-order chi connectivity index (χ1) is 15.0. The lowest BCUT2D eigenvalue weighted by atomic mass is 10.1. The van der Waals surface area contributed by atoms with Gasteiger partial charge in [-0.25, -0.2) is 25.5 Å².